The van der Waals surface area contributed by atoms with E-state index >= 15 is 0 Å². The first-order valence-electron chi connectivity index (χ1n) is 7.40. The summed E-state index contributed by atoms with van der Waals surface area (Å²) in [6, 6.07) is 6.35. The molecule has 0 saturated carbocycles. The number of ketones is 1. The van der Waals surface area contributed by atoms with E-state index in [0.717, 1.165) is 0 Å². The summed E-state index contributed by atoms with van der Waals surface area (Å²) in [7, 11) is 0. The minimum Gasteiger partial charge on any atom is -0.454 e. The van der Waals surface area contributed by atoms with Gasteiger partial charge in [-0.15, -0.1) is 23.5 Å². The standard InChI is InChI=1S/C17H16N2O5S2/c1-25-14-12(5-3-7-18-14)16(21)23-9-11(20)10-24-17(22)13-6-4-8-19-15(13)26-2/h3-8H,9-10H2,1-2H3. The number of hydrogen-bond acceptors (Lipinski definition) is 9. The largest absolute Gasteiger partial charge is 0.454 e. The Morgan fingerprint density at radius 2 is 1.27 bits per heavy atom. The molecule has 0 spiro atoms. The van der Waals surface area contributed by atoms with Gasteiger partial charge in [-0.25, -0.2) is 19.6 Å². The maximum absolute atomic E-state index is 12.0. The minimum absolute atomic E-state index is 0.282. The molecule has 9 heteroatoms. The number of ether oxygens (including phenoxy) is 2. The zero-order valence-electron chi connectivity index (χ0n) is 14.1. The number of nitrogens with zero attached hydrogens (tertiary/aromatic N) is 2. The van der Waals surface area contributed by atoms with Gasteiger partial charge < -0.3 is 9.47 Å². The van der Waals surface area contributed by atoms with Crippen molar-refractivity contribution in [3.05, 3.63) is 47.8 Å². The average Bonchev–Trinajstić information content (AvgIpc) is 2.69. The molecule has 26 heavy (non-hydrogen) atoms. The van der Waals surface area contributed by atoms with Crippen LogP contribution in [0.5, 0.6) is 0 Å². The van der Waals surface area contributed by atoms with E-state index in [-0.39, 0.29) is 11.1 Å². The predicted octanol–water partition coefficient (Wildman–Crippen LogP) is 2.50. The van der Waals surface area contributed by atoms with Crippen molar-refractivity contribution >= 4 is 41.2 Å². The highest BCUT2D eigenvalue weighted by atomic mass is 32.2. The van der Waals surface area contributed by atoms with Crippen LogP contribution in [0, 0.1) is 0 Å². The highest BCUT2D eigenvalue weighted by molar-refractivity contribution is 7.98. The number of aromatic nitrogens is 2. The summed E-state index contributed by atoms with van der Waals surface area (Å²) >= 11 is 2.60. The molecule has 0 N–H and O–H groups in total. The van der Waals surface area contributed by atoms with Gasteiger partial charge in [0.1, 0.15) is 10.1 Å². The molecule has 0 fully saturated rings. The number of carbonyl (C=O) groups is 3. The third kappa shape index (κ3) is 5.30. The van der Waals surface area contributed by atoms with Crippen molar-refractivity contribution < 1.29 is 23.9 Å². The van der Waals surface area contributed by atoms with Crippen molar-refractivity contribution in [2.45, 2.75) is 10.1 Å². The van der Waals surface area contributed by atoms with Gasteiger partial charge in [-0.3, -0.25) is 4.79 Å². The molecule has 0 bridgehead atoms. The quantitative estimate of drug-likeness (QED) is 0.496. The van der Waals surface area contributed by atoms with Gasteiger partial charge in [0, 0.05) is 12.4 Å². The van der Waals surface area contributed by atoms with E-state index in [1.807, 2.05) is 0 Å². The Bertz CT molecular complexity index is 748. The van der Waals surface area contributed by atoms with Gasteiger partial charge in [-0.1, -0.05) is 0 Å². The Balaban J connectivity index is 1.85. The van der Waals surface area contributed by atoms with Gasteiger partial charge >= 0.3 is 11.9 Å². The van der Waals surface area contributed by atoms with E-state index in [2.05, 4.69) is 9.97 Å². The number of rotatable bonds is 8. The lowest BCUT2D eigenvalue weighted by Gasteiger charge is -2.08. The van der Waals surface area contributed by atoms with Crippen molar-refractivity contribution in [3.8, 4) is 0 Å². The van der Waals surface area contributed by atoms with Gasteiger partial charge in [-0.05, 0) is 36.8 Å². The van der Waals surface area contributed by atoms with Crippen LogP contribution in [0.3, 0.4) is 0 Å². The molecular weight excluding hydrogens is 376 g/mol. The van der Waals surface area contributed by atoms with E-state index < -0.39 is 30.9 Å². The molecule has 0 saturated heterocycles. The molecule has 136 valence electrons. The fourth-order valence-electron chi connectivity index (χ4n) is 1.91. The van der Waals surface area contributed by atoms with Crippen molar-refractivity contribution in [3.63, 3.8) is 0 Å². The number of thioether (sulfide) groups is 2. The molecule has 0 unspecified atom stereocenters. The van der Waals surface area contributed by atoms with Crippen molar-refractivity contribution in [1.82, 2.24) is 9.97 Å². The second kappa shape index (κ2) is 9.93. The summed E-state index contributed by atoms with van der Waals surface area (Å²) < 4.78 is 9.93. The summed E-state index contributed by atoms with van der Waals surface area (Å²) in [5.41, 5.74) is 0.564. The van der Waals surface area contributed by atoms with E-state index in [1.165, 1.54) is 23.5 Å². The second-order valence-corrected chi connectivity index (χ2v) is 6.40. The Hall–Kier alpha value is -2.39. The summed E-state index contributed by atoms with van der Waals surface area (Å²) in [5.74, 6) is -1.84. The number of carbonyl (C=O) groups excluding carboxylic acids is 3. The first-order valence-corrected chi connectivity index (χ1v) is 9.85. The van der Waals surface area contributed by atoms with Crippen LogP contribution < -0.4 is 0 Å². The number of hydrogen-bond donors (Lipinski definition) is 0. The number of pyridine rings is 2. The minimum atomic E-state index is -0.654. The maximum atomic E-state index is 12.0. The normalized spacial score (nSPS) is 10.2. The first-order chi connectivity index (χ1) is 12.6. The summed E-state index contributed by atoms with van der Waals surface area (Å²) in [6.45, 7) is -0.978. The van der Waals surface area contributed by atoms with Crippen molar-refractivity contribution in [1.29, 1.82) is 0 Å². The molecule has 7 nitrogen and oxygen atoms in total. The van der Waals surface area contributed by atoms with Gasteiger partial charge in [0.15, 0.2) is 13.2 Å². The maximum Gasteiger partial charge on any atom is 0.341 e. The monoisotopic (exact) mass is 392 g/mol. The molecule has 0 aliphatic rings. The lowest BCUT2D eigenvalue weighted by Crippen LogP contribution is -2.21. The number of esters is 2. The third-order valence-electron chi connectivity index (χ3n) is 3.10. The molecular formula is C17H16N2O5S2. The summed E-state index contributed by atoms with van der Waals surface area (Å²) in [6.07, 6.45) is 6.69. The van der Waals surface area contributed by atoms with Crippen LogP contribution in [0.25, 0.3) is 0 Å². The Labute approximate surface area is 158 Å². The molecule has 0 amide bonds. The van der Waals surface area contributed by atoms with Gasteiger partial charge in [0.05, 0.1) is 11.1 Å². The smallest absolute Gasteiger partial charge is 0.341 e. The molecule has 2 heterocycles. The lowest BCUT2D eigenvalue weighted by atomic mass is 10.3. The second-order valence-electron chi connectivity index (χ2n) is 4.81. The van der Waals surface area contributed by atoms with Gasteiger partial charge in [-0.2, -0.15) is 0 Å². The fraction of sp³-hybridized carbons (Fsp3) is 0.235. The number of Topliss-reactive ketones (excluding diaryl/α,β-unsaturated/α-hetero) is 1. The summed E-state index contributed by atoms with van der Waals surface area (Å²) in [4.78, 5) is 44.0. The fourth-order valence-corrected chi connectivity index (χ4v) is 2.98. The highest BCUT2D eigenvalue weighted by Crippen LogP contribution is 2.18. The summed E-state index contributed by atoms with van der Waals surface area (Å²) in [5, 5.41) is 1.02. The van der Waals surface area contributed by atoms with Crippen LogP contribution in [-0.4, -0.2) is 53.4 Å². The van der Waals surface area contributed by atoms with E-state index in [4.69, 9.17) is 9.47 Å². The van der Waals surface area contributed by atoms with Crippen LogP contribution in [0.1, 0.15) is 20.7 Å². The first kappa shape index (κ1) is 19.9. The van der Waals surface area contributed by atoms with E-state index in [0.29, 0.717) is 10.1 Å². The van der Waals surface area contributed by atoms with E-state index in [9.17, 15) is 14.4 Å². The third-order valence-corrected chi connectivity index (χ3v) is 4.52. The Kier molecular flexibility index (Phi) is 7.61. The van der Waals surface area contributed by atoms with Crippen LogP contribution in [0.15, 0.2) is 46.7 Å². The zero-order chi connectivity index (χ0) is 18.9. The van der Waals surface area contributed by atoms with Crippen LogP contribution in [0.2, 0.25) is 0 Å². The van der Waals surface area contributed by atoms with E-state index in [1.54, 1.807) is 49.2 Å². The van der Waals surface area contributed by atoms with Crippen LogP contribution >= 0.6 is 23.5 Å². The molecule has 2 aromatic rings. The lowest BCUT2D eigenvalue weighted by molar-refractivity contribution is -0.125. The van der Waals surface area contributed by atoms with Gasteiger partial charge in [0.25, 0.3) is 0 Å². The molecule has 2 rings (SSSR count). The van der Waals surface area contributed by atoms with Crippen LogP contribution in [0.4, 0.5) is 0 Å². The molecule has 0 atom stereocenters. The highest BCUT2D eigenvalue weighted by Gasteiger charge is 2.17. The average molecular weight is 392 g/mol. The van der Waals surface area contributed by atoms with Gasteiger partial charge in [0.2, 0.25) is 5.78 Å². The zero-order valence-corrected chi connectivity index (χ0v) is 15.8. The molecule has 0 aliphatic carbocycles. The molecule has 2 aromatic heterocycles. The Morgan fingerprint density at radius 1 is 0.846 bits per heavy atom. The molecule has 0 radical (unpaired) electrons. The van der Waals surface area contributed by atoms with Crippen molar-refractivity contribution in [2.75, 3.05) is 25.7 Å². The van der Waals surface area contributed by atoms with Crippen molar-refractivity contribution in [2.24, 2.45) is 0 Å². The topological polar surface area (TPSA) is 95.5 Å². The molecule has 0 aliphatic heterocycles. The Morgan fingerprint density at radius 3 is 1.65 bits per heavy atom. The SMILES string of the molecule is CSc1ncccc1C(=O)OCC(=O)COC(=O)c1cccnc1SC. The van der Waals surface area contributed by atoms with Crippen LogP contribution in [-0.2, 0) is 14.3 Å². The molecule has 0 aromatic carbocycles. The predicted molar refractivity (Wildman–Crippen MR) is 97.6 cm³/mol.